The van der Waals surface area contributed by atoms with E-state index < -0.39 is 0 Å². The van der Waals surface area contributed by atoms with E-state index in [1.165, 1.54) is 11.1 Å². The zero-order valence-corrected chi connectivity index (χ0v) is 12.8. The van der Waals surface area contributed by atoms with E-state index >= 15 is 0 Å². The van der Waals surface area contributed by atoms with E-state index in [0.717, 1.165) is 29.7 Å². The number of ether oxygens (including phenoxy) is 1. The van der Waals surface area contributed by atoms with Crippen molar-refractivity contribution in [1.29, 1.82) is 0 Å². The molecule has 2 rings (SSSR count). The molecule has 1 aromatic carbocycles. The molecule has 2 unspecified atom stereocenters. The lowest BCUT2D eigenvalue weighted by atomic mass is 9.95. The predicted octanol–water partition coefficient (Wildman–Crippen LogP) is 2.72. The van der Waals surface area contributed by atoms with Gasteiger partial charge in [0, 0.05) is 22.6 Å². The molecule has 2 N–H and O–H groups in total. The number of hydrogen-bond acceptors (Lipinski definition) is 3. The van der Waals surface area contributed by atoms with Crippen LogP contribution in [0.3, 0.4) is 0 Å². The molecule has 18 heavy (non-hydrogen) atoms. The van der Waals surface area contributed by atoms with Gasteiger partial charge in [0.25, 0.3) is 0 Å². The molecule has 1 saturated heterocycles. The highest BCUT2D eigenvalue weighted by molar-refractivity contribution is 9.10. The Labute approximate surface area is 117 Å². The summed E-state index contributed by atoms with van der Waals surface area (Å²) >= 11 is 3.61. The van der Waals surface area contributed by atoms with Crippen LogP contribution in [0.2, 0.25) is 0 Å². The molecule has 0 aliphatic carbocycles. The van der Waals surface area contributed by atoms with Gasteiger partial charge in [0.05, 0.1) is 7.11 Å². The molecular formula is C14H21BrN2O. The van der Waals surface area contributed by atoms with Crippen molar-refractivity contribution in [1.82, 2.24) is 4.90 Å². The van der Waals surface area contributed by atoms with E-state index in [2.05, 4.69) is 34.8 Å². The fourth-order valence-corrected chi connectivity index (χ4v) is 3.23. The maximum absolute atomic E-state index is 5.81. The summed E-state index contributed by atoms with van der Waals surface area (Å²) in [4.78, 5) is 2.38. The van der Waals surface area contributed by atoms with Crippen molar-refractivity contribution >= 4 is 15.9 Å². The summed E-state index contributed by atoms with van der Waals surface area (Å²) in [5.74, 6) is 1.56. The first-order valence-corrected chi connectivity index (χ1v) is 7.11. The van der Waals surface area contributed by atoms with Gasteiger partial charge in [0.15, 0.2) is 0 Å². The van der Waals surface area contributed by atoms with Gasteiger partial charge in [-0.15, -0.1) is 0 Å². The van der Waals surface area contributed by atoms with E-state index in [1.54, 1.807) is 7.11 Å². The molecule has 3 nitrogen and oxygen atoms in total. The SMILES string of the molecule is COc1ccc(Br)c(C)c1C1CC(CN)CN1C. The number of likely N-dealkylation sites (tertiary alicyclic amines) is 1. The van der Waals surface area contributed by atoms with Crippen LogP contribution in [0, 0.1) is 12.8 Å². The molecule has 0 aromatic heterocycles. The summed E-state index contributed by atoms with van der Waals surface area (Å²) in [6, 6.07) is 4.49. The summed E-state index contributed by atoms with van der Waals surface area (Å²) in [5, 5.41) is 0. The molecular weight excluding hydrogens is 292 g/mol. The van der Waals surface area contributed by atoms with Gasteiger partial charge in [0.1, 0.15) is 5.75 Å². The Morgan fingerprint density at radius 1 is 1.50 bits per heavy atom. The van der Waals surface area contributed by atoms with E-state index in [0.29, 0.717) is 12.0 Å². The van der Waals surface area contributed by atoms with Crippen LogP contribution in [0.1, 0.15) is 23.6 Å². The smallest absolute Gasteiger partial charge is 0.123 e. The molecule has 0 bridgehead atoms. The lowest BCUT2D eigenvalue weighted by molar-refractivity contribution is 0.302. The second-order valence-electron chi connectivity index (χ2n) is 5.08. The van der Waals surface area contributed by atoms with Crippen LogP contribution in [0.25, 0.3) is 0 Å². The molecule has 1 fully saturated rings. The highest BCUT2D eigenvalue weighted by atomic mass is 79.9. The van der Waals surface area contributed by atoms with Gasteiger partial charge in [-0.1, -0.05) is 15.9 Å². The number of rotatable bonds is 3. The zero-order valence-electron chi connectivity index (χ0n) is 11.2. The van der Waals surface area contributed by atoms with Gasteiger partial charge in [-0.25, -0.2) is 0 Å². The first-order chi connectivity index (χ1) is 8.58. The lowest BCUT2D eigenvalue weighted by Gasteiger charge is -2.24. The Hall–Kier alpha value is -0.580. The van der Waals surface area contributed by atoms with Crippen molar-refractivity contribution < 1.29 is 4.74 Å². The van der Waals surface area contributed by atoms with Crippen LogP contribution in [0.4, 0.5) is 0 Å². The van der Waals surface area contributed by atoms with Crippen LogP contribution in [-0.4, -0.2) is 32.1 Å². The molecule has 1 aliphatic rings. The minimum absolute atomic E-state index is 0.408. The van der Waals surface area contributed by atoms with Crippen molar-refractivity contribution in [2.75, 3.05) is 27.2 Å². The molecule has 2 atom stereocenters. The summed E-state index contributed by atoms with van der Waals surface area (Å²) in [7, 11) is 3.90. The predicted molar refractivity (Wildman–Crippen MR) is 78.0 cm³/mol. The number of hydrogen-bond donors (Lipinski definition) is 1. The molecule has 4 heteroatoms. The standard InChI is InChI=1S/C14H21BrN2O/c1-9-11(15)4-5-13(18-3)14(9)12-6-10(7-16)8-17(12)2/h4-5,10,12H,6-8,16H2,1-3H3. The second kappa shape index (κ2) is 5.59. The van der Waals surface area contributed by atoms with Crippen molar-refractivity contribution in [2.45, 2.75) is 19.4 Å². The van der Waals surface area contributed by atoms with Crippen LogP contribution in [0.15, 0.2) is 16.6 Å². The summed E-state index contributed by atoms with van der Waals surface area (Å²) in [6.45, 7) is 3.97. The van der Waals surface area contributed by atoms with Crippen molar-refractivity contribution in [3.8, 4) is 5.75 Å². The average molecular weight is 313 g/mol. The first-order valence-electron chi connectivity index (χ1n) is 6.31. The quantitative estimate of drug-likeness (QED) is 0.932. The number of benzene rings is 1. The first kappa shape index (κ1) is 13.8. The average Bonchev–Trinajstić information content (AvgIpc) is 2.73. The van der Waals surface area contributed by atoms with Gasteiger partial charge >= 0.3 is 0 Å². The van der Waals surface area contributed by atoms with E-state index in [9.17, 15) is 0 Å². The second-order valence-corrected chi connectivity index (χ2v) is 5.94. The van der Waals surface area contributed by atoms with E-state index in [1.807, 2.05) is 12.1 Å². The highest BCUT2D eigenvalue weighted by Gasteiger charge is 2.32. The van der Waals surface area contributed by atoms with Gasteiger partial charge < -0.3 is 10.5 Å². The maximum atomic E-state index is 5.81. The normalized spacial score (nSPS) is 24.5. The molecule has 0 amide bonds. The van der Waals surface area contributed by atoms with Crippen LogP contribution < -0.4 is 10.5 Å². The largest absolute Gasteiger partial charge is 0.496 e. The van der Waals surface area contributed by atoms with Gasteiger partial charge in [-0.2, -0.15) is 0 Å². The zero-order chi connectivity index (χ0) is 13.3. The highest BCUT2D eigenvalue weighted by Crippen LogP contribution is 2.41. The maximum Gasteiger partial charge on any atom is 0.123 e. The fourth-order valence-electron chi connectivity index (χ4n) is 2.88. The van der Waals surface area contributed by atoms with Crippen molar-refractivity contribution in [3.05, 3.63) is 27.7 Å². The monoisotopic (exact) mass is 312 g/mol. The molecule has 0 saturated carbocycles. The Morgan fingerprint density at radius 2 is 2.22 bits per heavy atom. The molecule has 1 aromatic rings. The van der Waals surface area contributed by atoms with Crippen LogP contribution in [-0.2, 0) is 0 Å². The Balaban J connectivity index is 2.41. The third-order valence-corrected chi connectivity index (χ3v) is 4.79. The van der Waals surface area contributed by atoms with Crippen molar-refractivity contribution in [3.63, 3.8) is 0 Å². The van der Waals surface area contributed by atoms with Crippen LogP contribution >= 0.6 is 15.9 Å². The van der Waals surface area contributed by atoms with Crippen molar-refractivity contribution in [2.24, 2.45) is 11.7 Å². The lowest BCUT2D eigenvalue weighted by Crippen LogP contribution is -2.21. The number of nitrogens with zero attached hydrogens (tertiary/aromatic N) is 1. The third-order valence-electron chi connectivity index (χ3n) is 3.93. The number of nitrogens with two attached hydrogens (primary N) is 1. The Bertz CT molecular complexity index is 436. The topological polar surface area (TPSA) is 38.5 Å². The third kappa shape index (κ3) is 2.42. The molecule has 0 radical (unpaired) electrons. The minimum Gasteiger partial charge on any atom is -0.496 e. The summed E-state index contributed by atoms with van der Waals surface area (Å²) in [6.07, 6.45) is 1.11. The summed E-state index contributed by atoms with van der Waals surface area (Å²) < 4.78 is 6.67. The molecule has 0 spiro atoms. The number of halogens is 1. The fraction of sp³-hybridized carbons (Fsp3) is 0.571. The molecule has 1 heterocycles. The van der Waals surface area contributed by atoms with Crippen LogP contribution in [0.5, 0.6) is 5.75 Å². The van der Waals surface area contributed by atoms with Gasteiger partial charge in [0.2, 0.25) is 0 Å². The van der Waals surface area contributed by atoms with Gasteiger partial charge in [-0.3, -0.25) is 4.90 Å². The Kier molecular flexibility index (Phi) is 4.30. The molecule has 100 valence electrons. The van der Waals surface area contributed by atoms with Gasteiger partial charge in [-0.05, 0) is 50.6 Å². The van der Waals surface area contributed by atoms with E-state index in [-0.39, 0.29) is 0 Å². The van der Waals surface area contributed by atoms with E-state index in [4.69, 9.17) is 10.5 Å². The Morgan fingerprint density at radius 3 is 2.78 bits per heavy atom. The summed E-state index contributed by atoms with van der Waals surface area (Å²) in [5.41, 5.74) is 8.37. The molecule has 1 aliphatic heterocycles. The number of methoxy groups -OCH3 is 1. The minimum atomic E-state index is 0.408.